The van der Waals surface area contributed by atoms with Crippen LogP contribution in [0.25, 0.3) is 10.7 Å². The molecule has 0 saturated carbocycles. The zero-order valence-electron chi connectivity index (χ0n) is 12.8. The monoisotopic (exact) mass is 326 g/mol. The fraction of sp³-hybridized carbons (Fsp3) is 0.353. The Labute approximate surface area is 139 Å². The summed E-state index contributed by atoms with van der Waals surface area (Å²) in [4.78, 5) is 12.0. The Morgan fingerprint density at radius 1 is 1.17 bits per heavy atom. The van der Waals surface area contributed by atoms with Crippen LogP contribution in [-0.4, -0.2) is 33.1 Å². The van der Waals surface area contributed by atoms with Gasteiger partial charge in [0.1, 0.15) is 0 Å². The molecule has 0 amide bonds. The molecule has 3 aromatic heterocycles. The summed E-state index contributed by atoms with van der Waals surface area (Å²) in [5.41, 5.74) is 1.40. The Kier molecular flexibility index (Phi) is 4.17. The molecule has 6 heteroatoms. The minimum Gasteiger partial charge on any atom is -0.338 e. The highest BCUT2D eigenvalue weighted by atomic mass is 32.1. The molecule has 23 heavy (non-hydrogen) atoms. The second-order valence-electron chi connectivity index (χ2n) is 5.82. The SMILES string of the molecule is c1csc(-c2noc(CN3CCC(c4ccncc4)CC3)n2)c1. The minimum absolute atomic E-state index is 0.638. The Hall–Kier alpha value is -2.05. The highest BCUT2D eigenvalue weighted by Gasteiger charge is 2.22. The van der Waals surface area contributed by atoms with E-state index >= 15 is 0 Å². The Morgan fingerprint density at radius 2 is 2.00 bits per heavy atom. The van der Waals surface area contributed by atoms with Gasteiger partial charge in [-0.15, -0.1) is 11.3 Å². The van der Waals surface area contributed by atoms with E-state index in [1.54, 1.807) is 11.3 Å². The summed E-state index contributed by atoms with van der Waals surface area (Å²) in [7, 11) is 0. The van der Waals surface area contributed by atoms with Crippen molar-refractivity contribution in [2.45, 2.75) is 25.3 Å². The van der Waals surface area contributed by atoms with Gasteiger partial charge < -0.3 is 4.52 Å². The fourth-order valence-electron chi connectivity index (χ4n) is 3.08. The quantitative estimate of drug-likeness (QED) is 0.733. The predicted octanol–water partition coefficient (Wildman–Crippen LogP) is 3.57. The van der Waals surface area contributed by atoms with Crippen LogP contribution in [0.4, 0.5) is 0 Å². The van der Waals surface area contributed by atoms with Crippen LogP contribution in [0.1, 0.15) is 30.2 Å². The van der Waals surface area contributed by atoms with Crippen LogP contribution in [0.3, 0.4) is 0 Å². The second-order valence-corrected chi connectivity index (χ2v) is 6.77. The van der Waals surface area contributed by atoms with Crippen LogP contribution in [0, 0.1) is 0 Å². The molecule has 0 N–H and O–H groups in total. The Bertz CT molecular complexity index is 733. The minimum atomic E-state index is 0.638. The first-order valence-corrected chi connectivity index (χ1v) is 8.75. The first kappa shape index (κ1) is 14.5. The topological polar surface area (TPSA) is 55.1 Å². The van der Waals surface area contributed by atoms with Crippen LogP contribution >= 0.6 is 11.3 Å². The molecule has 0 aromatic carbocycles. The molecule has 1 aliphatic rings. The van der Waals surface area contributed by atoms with Crippen LogP contribution in [-0.2, 0) is 6.54 Å². The lowest BCUT2D eigenvalue weighted by atomic mass is 9.90. The van der Waals surface area contributed by atoms with Crippen molar-refractivity contribution in [2.24, 2.45) is 0 Å². The molecular weight excluding hydrogens is 308 g/mol. The number of likely N-dealkylation sites (tertiary alicyclic amines) is 1. The molecule has 0 unspecified atom stereocenters. The second kappa shape index (κ2) is 6.60. The summed E-state index contributed by atoms with van der Waals surface area (Å²) < 4.78 is 5.40. The lowest BCUT2D eigenvalue weighted by Crippen LogP contribution is -2.32. The Balaban J connectivity index is 1.35. The van der Waals surface area contributed by atoms with Crippen LogP contribution in [0.5, 0.6) is 0 Å². The van der Waals surface area contributed by atoms with Crippen molar-refractivity contribution in [2.75, 3.05) is 13.1 Å². The van der Waals surface area contributed by atoms with E-state index in [4.69, 9.17) is 4.52 Å². The van der Waals surface area contributed by atoms with E-state index in [-0.39, 0.29) is 0 Å². The molecule has 1 fully saturated rings. The Morgan fingerprint density at radius 3 is 2.74 bits per heavy atom. The van der Waals surface area contributed by atoms with Gasteiger partial charge in [-0.2, -0.15) is 4.98 Å². The van der Waals surface area contributed by atoms with E-state index in [2.05, 4.69) is 32.2 Å². The molecule has 4 rings (SSSR count). The summed E-state index contributed by atoms with van der Waals surface area (Å²) >= 11 is 1.63. The van der Waals surface area contributed by atoms with Gasteiger partial charge in [0, 0.05) is 12.4 Å². The highest BCUT2D eigenvalue weighted by molar-refractivity contribution is 7.13. The number of hydrogen-bond acceptors (Lipinski definition) is 6. The highest BCUT2D eigenvalue weighted by Crippen LogP contribution is 2.28. The molecular formula is C17H18N4OS. The molecule has 0 atom stereocenters. The lowest BCUT2D eigenvalue weighted by Gasteiger charge is -2.31. The third-order valence-corrected chi connectivity index (χ3v) is 5.20. The first-order valence-electron chi connectivity index (χ1n) is 7.87. The van der Waals surface area contributed by atoms with Crippen molar-refractivity contribution in [3.63, 3.8) is 0 Å². The van der Waals surface area contributed by atoms with Crippen molar-refractivity contribution < 1.29 is 4.52 Å². The van der Waals surface area contributed by atoms with E-state index in [0.717, 1.165) is 37.4 Å². The maximum absolute atomic E-state index is 5.40. The summed E-state index contributed by atoms with van der Waals surface area (Å²) in [6.45, 7) is 2.86. The fourth-order valence-corrected chi connectivity index (χ4v) is 3.73. The summed E-state index contributed by atoms with van der Waals surface area (Å²) in [6.07, 6.45) is 6.09. The number of piperidine rings is 1. The van der Waals surface area contributed by atoms with Crippen molar-refractivity contribution >= 4 is 11.3 Å². The molecule has 1 saturated heterocycles. The summed E-state index contributed by atoms with van der Waals surface area (Å²) in [5, 5.41) is 6.10. The van der Waals surface area contributed by atoms with Gasteiger partial charge in [-0.05, 0) is 61.0 Å². The predicted molar refractivity (Wildman–Crippen MR) is 89.1 cm³/mol. The maximum Gasteiger partial charge on any atom is 0.241 e. The van der Waals surface area contributed by atoms with Crippen LogP contribution in [0.15, 0.2) is 46.6 Å². The van der Waals surface area contributed by atoms with E-state index in [0.29, 0.717) is 17.6 Å². The standard InChI is InChI=1S/C17H18N4OS/c1-2-15(23-11-1)17-19-16(22-20-17)12-21-9-5-14(6-10-21)13-3-7-18-8-4-13/h1-4,7-8,11,14H,5-6,9-10,12H2. The van der Waals surface area contributed by atoms with E-state index in [1.807, 2.05) is 29.9 Å². The smallest absolute Gasteiger partial charge is 0.241 e. The van der Waals surface area contributed by atoms with Gasteiger partial charge >= 0.3 is 0 Å². The van der Waals surface area contributed by atoms with E-state index in [1.165, 1.54) is 5.56 Å². The van der Waals surface area contributed by atoms with Crippen molar-refractivity contribution in [1.82, 2.24) is 20.0 Å². The van der Waals surface area contributed by atoms with Gasteiger partial charge in [0.15, 0.2) is 0 Å². The van der Waals surface area contributed by atoms with Gasteiger partial charge in [-0.25, -0.2) is 0 Å². The molecule has 0 bridgehead atoms. The molecule has 118 valence electrons. The largest absolute Gasteiger partial charge is 0.338 e. The van der Waals surface area contributed by atoms with Crippen molar-refractivity contribution in [3.8, 4) is 10.7 Å². The van der Waals surface area contributed by atoms with Crippen LogP contribution < -0.4 is 0 Å². The zero-order valence-corrected chi connectivity index (χ0v) is 13.6. The van der Waals surface area contributed by atoms with Gasteiger partial charge in [0.2, 0.25) is 11.7 Å². The molecule has 3 aromatic rings. The summed E-state index contributed by atoms with van der Waals surface area (Å²) in [5.74, 6) is 2.04. The number of thiophene rings is 1. The van der Waals surface area contributed by atoms with Crippen molar-refractivity contribution in [1.29, 1.82) is 0 Å². The third-order valence-electron chi connectivity index (χ3n) is 4.33. The van der Waals surface area contributed by atoms with E-state index in [9.17, 15) is 0 Å². The van der Waals surface area contributed by atoms with Crippen molar-refractivity contribution in [3.05, 3.63) is 53.5 Å². The molecule has 0 spiro atoms. The third kappa shape index (κ3) is 3.33. The molecule has 0 radical (unpaired) electrons. The zero-order chi connectivity index (χ0) is 15.5. The van der Waals surface area contributed by atoms with E-state index < -0.39 is 0 Å². The molecule has 1 aliphatic heterocycles. The van der Waals surface area contributed by atoms with Gasteiger partial charge in [0.05, 0.1) is 11.4 Å². The maximum atomic E-state index is 5.40. The number of nitrogens with zero attached hydrogens (tertiary/aromatic N) is 4. The van der Waals surface area contributed by atoms with Gasteiger partial charge in [-0.3, -0.25) is 9.88 Å². The number of rotatable bonds is 4. The van der Waals surface area contributed by atoms with Crippen LogP contribution in [0.2, 0.25) is 0 Å². The average Bonchev–Trinajstić information content (AvgIpc) is 3.28. The molecule has 5 nitrogen and oxygen atoms in total. The number of hydrogen-bond donors (Lipinski definition) is 0. The number of pyridine rings is 1. The van der Waals surface area contributed by atoms with Gasteiger partial charge in [-0.1, -0.05) is 11.2 Å². The molecule has 0 aliphatic carbocycles. The normalized spacial score (nSPS) is 16.7. The number of aromatic nitrogens is 3. The lowest BCUT2D eigenvalue weighted by molar-refractivity contribution is 0.181. The molecule has 4 heterocycles. The summed E-state index contributed by atoms with van der Waals surface area (Å²) in [6, 6.07) is 8.27. The van der Waals surface area contributed by atoms with Gasteiger partial charge in [0.25, 0.3) is 0 Å². The average molecular weight is 326 g/mol. The first-order chi connectivity index (χ1) is 11.4.